The van der Waals surface area contributed by atoms with E-state index in [4.69, 9.17) is 0 Å². The molecule has 4 heterocycles. The van der Waals surface area contributed by atoms with Crippen LogP contribution in [0, 0.1) is 12.1 Å². The minimum atomic E-state index is -0.264. The third-order valence-corrected chi connectivity index (χ3v) is 10.5. The van der Waals surface area contributed by atoms with Gasteiger partial charge >= 0.3 is 21.1 Å². The monoisotopic (exact) mass is 839 g/mol. The van der Waals surface area contributed by atoms with Crippen LogP contribution in [0.4, 0.5) is 34.1 Å². The Balaban J connectivity index is 0.00000374. The molecule has 0 bridgehead atoms. The Morgan fingerprint density at radius 2 is 0.961 bits per heavy atom. The first-order chi connectivity index (χ1) is 24.3. The Kier molecular flexibility index (Phi) is 8.04. The van der Waals surface area contributed by atoms with E-state index in [9.17, 15) is 0 Å². The third-order valence-electron chi connectivity index (χ3n) is 10.5. The van der Waals surface area contributed by atoms with Crippen LogP contribution < -0.4 is 9.80 Å². The Morgan fingerprint density at radius 1 is 0.510 bits per heavy atom. The van der Waals surface area contributed by atoms with Gasteiger partial charge in [-0.25, -0.2) is 0 Å². The van der Waals surface area contributed by atoms with Crippen molar-refractivity contribution in [2.24, 2.45) is 0 Å². The summed E-state index contributed by atoms with van der Waals surface area (Å²) in [7, 11) is 0. The van der Waals surface area contributed by atoms with Crippen LogP contribution in [0.2, 0.25) is 0 Å². The maximum Gasteiger partial charge on any atom is 2.00 e. The predicted molar refractivity (Wildman–Crippen MR) is 204 cm³/mol. The molecule has 9 rings (SSSR count). The maximum absolute atomic E-state index is 4.66. The molecule has 0 aliphatic carbocycles. The zero-order chi connectivity index (χ0) is 34.0. The molecule has 2 aliphatic rings. The van der Waals surface area contributed by atoms with Gasteiger partial charge in [0.15, 0.2) is 0 Å². The fraction of sp³-hybridized carbons (Fsp3) is 0.130. The Morgan fingerprint density at radius 3 is 1.41 bits per heavy atom. The number of pyridine rings is 2. The topological polar surface area (TPSA) is 32.3 Å². The van der Waals surface area contributed by atoms with E-state index in [-0.39, 0.29) is 31.9 Å². The summed E-state index contributed by atoms with van der Waals surface area (Å²) in [5.74, 6) is 0. The second-order valence-electron chi connectivity index (χ2n) is 14.2. The molecule has 0 unspecified atom stereocenters. The van der Waals surface area contributed by atoms with Crippen molar-refractivity contribution in [1.82, 2.24) is 9.97 Å². The quantitative estimate of drug-likeness (QED) is 0.162. The molecule has 4 nitrogen and oxygen atoms in total. The number of para-hydroxylation sites is 2. The van der Waals surface area contributed by atoms with E-state index in [1.54, 1.807) is 0 Å². The molecule has 5 heteroatoms. The van der Waals surface area contributed by atoms with Crippen molar-refractivity contribution in [3.63, 3.8) is 0 Å². The maximum atomic E-state index is 4.66. The van der Waals surface area contributed by atoms with Gasteiger partial charge in [-0.15, -0.1) is 59.7 Å². The van der Waals surface area contributed by atoms with E-state index < -0.39 is 0 Å². The molecule has 250 valence electrons. The Bertz CT molecular complexity index is 2240. The molecule has 7 aromatic rings. The number of hydrogen-bond acceptors (Lipinski definition) is 4. The average Bonchev–Trinajstić information content (AvgIpc) is 3.16. The van der Waals surface area contributed by atoms with Gasteiger partial charge in [-0.1, -0.05) is 88.4 Å². The van der Waals surface area contributed by atoms with Gasteiger partial charge in [0.05, 0.1) is 17.1 Å². The van der Waals surface area contributed by atoms with Gasteiger partial charge in [-0.05, 0) is 81.4 Å². The minimum absolute atomic E-state index is 0. The van der Waals surface area contributed by atoms with E-state index in [1.807, 2.05) is 48.8 Å². The fourth-order valence-electron chi connectivity index (χ4n) is 7.92. The molecule has 5 aromatic carbocycles. The molecule has 0 saturated carbocycles. The summed E-state index contributed by atoms with van der Waals surface area (Å²) >= 11 is 0. The molecular formula is C46H36N4Pt. The summed E-state index contributed by atoms with van der Waals surface area (Å²) in [5, 5.41) is 0. The van der Waals surface area contributed by atoms with Crippen LogP contribution in [0.1, 0.15) is 49.9 Å². The van der Waals surface area contributed by atoms with Crippen LogP contribution in [-0.2, 0) is 31.9 Å². The standard InChI is InChI=1S/C46H36N4.Pt/c1-45(2)36-19-5-7-23-42(36)50-43-24-8-6-20-37(43)46(3,4)39-30-35(29-38(45)44(39)50)49(33-17-13-15-31(27-33)40-21-9-11-25-47-40)34-18-14-16-32(28-34)41-22-10-12-26-48-41;/h5-26,29-30H,1-4H3;/q-2;+2. The zero-order valence-corrected chi connectivity index (χ0v) is 31.2. The number of fused-ring (bicyclic) bond motifs is 4. The number of nitrogens with zero attached hydrogens (tertiary/aromatic N) is 4. The minimum Gasteiger partial charge on any atom is -0.346 e. The molecule has 2 aromatic heterocycles. The van der Waals surface area contributed by atoms with Gasteiger partial charge in [0, 0.05) is 28.9 Å². The van der Waals surface area contributed by atoms with Gasteiger partial charge in [-0.3, -0.25) is 0 Å². The summed E-state index contributed by atoms with van der Waals surface area (Å²) in [6.07, 6.45) is 3.66. The van der Waals surface area contributed by atoms with Crippen LogP contribution in [0.3, 0.4) is 0 Å². The number of rotatable bonds is 5. The first kappa shape index (κ1) is 32.9. The molecule has 51 heavy (non-hydrogen) atoms. The Labute approximate surface area is 314 Å². The zero-order valence-electron chi connectivity index (χ0n) is 29.0. The van der Waals surface area contributed by atoms with Crippen molar-refractivity contribution in [3.05, 3.63) is 180 Å². The summed E-state index contributed by atoms with van der Waals surface area (Å²) in [6, 6.07) is 54.7. The third kappa shape index (κ3) is 5.24. The molecule has 0 atom stereocenters. The Hall–Kier alpha value is -5.31. The van der Waals surface area contributed by atoms with Crippen molar-refractivity contribution < 1.29 is 21.1 Å². The second-order valence-corrected chi connectivity index (χ2v) is 14.2. The van der Waals surface area contributed by atoms with Gasteiger partial charge < -0.3 is 19.8 Å². The second kappa shape index (κ2) is 12.5. The van der Waals surface area contributed by atoms with Crippen LogP contribution in [0.25, 0.3) is 22.5 Å². The van der Waals surface area contributed by atoms with Gasteiger partial charge in [0.25, 0.3) is 0 Å². The normalized spacial score (nSPS) is 14.4. The van der Waals surface area contributed by atoms with Crippen LogP contribution in [0.15, 0.2) is 146 Å². The van der Waals surface area contributed by atoms with Crippen molar-refractivity contribution in [1.29, 1.82) is 0 Å². The summed E-state index contributed by atoms with van der Waals surface area (Å²) in [5.41, 5.74) is 14.9. The van der Waals surface area contributed by atoms with E-state index in [0.717, 1.165) is 39.6 Å². The smallest absolute Gasteiger partial charge is 0.346 e. The molecule has 0 saturated heterocycles. The SMILES string of the molecule is CC1(C)c2ccccc2N2c3ccccc3C(C)(C)c3cc(N(c4[c-]c(-c5ccccn5)ccc4)c4[c-]c(-c5ccccn5)ccc4)cc1c32.[Pt+2]. The molecule has 0 spiro atoms. The van der Waals surface area contributed by atoms with Crippen molar-refractivity contribution >= 4 is 34.1 Å². The molecule has 0 fully saturated rings. The molecular weight excluding hydrogens is 804 g/mol. The predicted octanol–water partition coefficient (Wildman–Crippen LogP) is 11.6. The van der Waals surface area contributed by atoms with Crippen molar-refractivity contribution in [2.45, 2.75) is 38.5 Å². The number of aromatic nitrogens is 2. The number of hydrogen-bond donors (Lipinski definition) is 0. The number of benzene rings is 5. The fourth-order valence-corrected chi connectivity index (χ4v) is 7.92. The van der Waals surface area contributed by atoms with Crippen LogP contribution >= 0.6 is 0 Å². The first-order valence-electron chi connectivity index (χ1n) is 17.2. The van der Waals surface area contributed by atoms with Gasteiger partial charge in [0.1, 0.15) is 0 Å². The molecule has 2 aliphatic heterocycles. The first-order valence-corrected chi connectivity index (χ1v) is 17.2. The summed E-state index contributed by atoms with van der Waals surface area (Å²) in [4.78, 5) is 14.1. The van der Waals surface area contributed by atoms with E-state index in [2.05, 4.69) is 157 Å². The van der Waals surface area contributed by atoms with Crippen LogP contribution in [-0.4, -0.2) is 9.97 Å². The van der Waals surface area contributed by atoms with Gasteiger partial charge in [-0.2, -0.15) is 0 Å². The van der Waals surface area contributed by atoms with Crippen LogP contribution in [0.5, 0.6) is 0 Å². The van der Waals surface area contributed by atoms with Crippen molar-refractivity contribution in [3.8, 4) is 22.5 Å². The van der Waals surface area contributed by atoms with E-state index >= 15 is 0 Å². The van der Waals surface area contributed by atoms with Crippen molar-refractivity contribution in [2.75, 3.05) is 9.80 Å². The average molecular weight is 840 g/mol. The van der Waals surface area contributed by atoms with E-state index in [1.165, 1.54) is 39.3 Å². The number of anilines is 6. The molecule has 0 amide bonds. The summed E-state index contributed by atoms with van der Waals surface area (Å²) in [6.45, 7) is 9.45. The molecule has 0 radical (unpaired) electrons. The largest absolute Gasteiger partial charge is 2.00 e. The molecule has 0 N–H and O–H groups in total. The van der Waals surface area contributed by atoms with E-state index in [0.29, 0.717) is 0 Å². The van der Waals surface area contributed by atoms with Gasteiger partial charge in [0.2, 0.25) is 0 Å². The summed E-state index contributed by atoms with van der Waals surface area (Å²) < 4.78 is 0.